The number of likely N-dealkylation sites (tertiary alicyclic amines) is 1. The fourth-order valence-electron chi connectivity index (χ4n) is 3.74. The lowest BCUT2D eigenvalue weighted by Crippen LogP contribution is -2.48. The molecule has 1 aliphatic heterocycles. The van der Waals surface area contributed by atoms with Crippen molar-refractivity contribution in [2.45, 2.75) is 51.0 Å². The van der Waals surface area contributed by atoms with Crippen molar-refractivity contribution in [2.75, 3.05) is 13.1 Å². The molecule has 2 fully saturated rings. The van der Waals surface area contributed by atoms with E-state index in [0.717, 1.165) is 44.3 Å². The smallest absolute Gasteiger partial charge is 0.225 e. The summed E-state index contributed by atoms with van der Waals surface area (Å²) in [5, 5.41) is 3.04. The fraction of sp³-hybridized carbons (Fsp3) is 0.579. The molecule has 24 heavy (non-hydrogen) atoms. The minimum absolute atomic E-state index is 0.0397. The normalized spacial score (nSPS) is 19.5. The summed E-state index contributed by atoms with van der Waals surface area (Å²) in [5.74, 6) is 0.207. The summed E-state index contributed by atoms with van der Waals surface area (Å²) in [5.41, 5.74) is 0.808. The van der Waals surface area contributed by atoms with Gasteiger partial charge < -0.3 is 10.2 Å². The summed E-state index contributed by atoms with van der Waals surface area (Å²) in [4.78, 5) is 26.5. The summed E-state index contributed by atoms with van der Waals surface area (Å²) >= 11 is 0. The molecule has 130 valence electrons. The van der Waals surface area contributed by atoms with Crippen molar-refractivity contribution in [3.05, 3.63) is 35.6 Å². The molecule has 1 saturated heterocycles. The van der Waals surface area contributed by atoms with Crippen LogP contribution in [0, 0.1) is 11.7 Å². The summed E-state index contributed by atoms with van der Waals surface area (Å²) < 4.78 is 12.9. The molecule has 0 aromatic heterocycles. The van der Waals surface area contributed by atoms with Gasteiger partial charge in [-0.25, -0.2) is 4.39 Å². The van der Waals surface area contributed by atoms with Gasteiger partial charge in [0.15, 0.2) is 0 Å². The lowest BCUT2D eigenvalue weighted by Gasteiger charge is -2.34. The molecule has 1 saturated carbocycles. The highest BCUT2D eigenvalue weighted by Gasteiger charge is 2.30. The van der Waals surface area contributed by atoms with E-state index in [1.54, 1.807) is 12.1 Å². The Hall–Kier alpha value is -1.91. The monoisotopic (exact) mass is 332 g/mol. The Kier molecular flexibility index (Phi) is 5.48. The maximum absolute atomic E-state index is 12.9. The second-order valence-electron chi connectivity index (χ2n) is 6.95. The molecule has 1 aliphatic carbocycles. The van der Waals surface area contributed by atoms with E-state index >= 15 is 0 Å². The van der Waals surface area contributed by atoms with Crippen LogP contribution in [0.25, 0.3) is 0 Å². The van der Waals surface area contributed by atoms with Gasteiger partial charge in [0.1, 0.15) is 5.82 Å². The fourth-order valence-corrected chi connectivity index (χ4v) is 3.74. The molecule has 0 unspecified atom stereocenters. The Morgan fingerprint density at radius 3 is 2.29 bits per heavy atom. The molecule has 1 aromatic carbocycles. The quantitative estimate of drug-likeness (QED) is 0.921. The van der Waals surface area contributed by atoms with Crippen molar-refractivity contribution in [2.24, 2.45) is 5.92 Å². The Morgan fingerprint density at radius 1 is 1.04 bits per heavy atom. The molecular weight excluding hydrogens is 307 g/mol. The maximum Gasteiger partial charge on any atom is 0.225 e. The number of halogens is 1. The third kappa shape index (κ3) is 4.34. The standard InChI is InChI=1S/C19H25FN2O2/c20-16-7-5-14(6-8-16)13-18(23)21-17-9-11-22(12-10-17)19(24)15-3-1-2-4-15/h5-8,15,17H,1-4,9-13H2,(H,21,23). The second kappa shape index (κ2) is 7.77. The zero-order chi connectivity index (χ0) is 16.9. The molecule has 1 aromatic rings. The average molecular weight is 332 g/mol. The van der Waals surface area contributed by atoms with Gasteiger partial charge in [-0.2, -0.15) is 0 Å². The van der Waals surface area contributed by atoms with E-state index in [1.807, 2.05) is 4.90 Å². The minimum Gasteiger partial charge on any atom is -0.353 e. The van der Waals surface area contributed by atoms with E-state index < -0.39 is 0 Å². The number of carbonyl (C=O) groups excluding carboxylic acids is 2. The van der Waals surface area contributed by atoms with Crippen molar-refractivity contribution >= 4 is 11.8 Å². The van der Waals surface area contributed by atoms with Crippen LogP contribution in [0.2, 0.25) is 0 Å². The Labute approximate surface area is 142 Å². The van der Waals surface area contributed by atoms with Crippen LogP contribution in [0.5, 0.6) is 0 Å². The molecule has 5 heteroatoms. The molecule has 1 heterocycles. The van der Waals surface area contributed by atoms with Crippen LogP contribution in [0.3, 0.4) is 0 Å². The van der Waals surface area contributed by atoms with Crippen LogP contribution in [-0.4, -0.2) is 35.8 Å². The van der Waals surface area contributed by atoms with Gasteiger partial charge in [-0.05, 0) is 43.4 Å². The molecule has 3 rings (SSSR count). The van der Waals surface area contributed by atoms with Gasteiger partial charge >= 0.3 is 0 Å². The molecule has 0 spiro atoms. The number of benzene rings is 1. The van der Waals surface area contributed by atoms with E-state index in [-0.39, 0.29) is 30.1 Å². The van der Waals surface area contributed by atoms with E-state index in [1.165, 1.54) is 25.0 Å². The Bertz CT molecular complexity index is 574. The molecule has 0 atom stereocenters. The number of nitrogens with zero attached hydrogens (tertiary/aromatic N) is 1. The van der Waals surface area contributed by atoms with E-state index in [9.17, 15) is 14.0 Å². The molecule has 0 radical (unpaired) electrons. The van der Waals surface area contributed by atoms with Crippen LogP contribution in [0.1, 0.15) is 44.1 Å². The summed E-state index contributed by atoms with van der Waals surface area (Å²) in [6.07, 6.45) is 6.31. The largest absolute Gasteiger partial charge is 0.353 e. The van der Waals surface area contributed by atoms with Crippen LogP contribution in [0.15, 0.2) is 24.3 Å². The number of hydrogen-bond acceptors (Lipinski definition) is 2. The van der Waals surface area contributed by atoms with Crippen LogP contribution < -0.4 is 5.32 Å². The number of carbonyl (C=O) groups is 2. The van der Waals surface area contributed by atoms with Crippen molar-refractivity contribution in [3.63, 3.8) is 0 Å². The van der Waals surface area contributed by atoms with Gasteiger partial charge in [0, 0.05) is 25.0 Å². The molecule has 0 bridgehead atoms. The van der Waals surface area contributed by atoms with Crippen molar-refractivity contribution in [1.82, 2.24) is 10.2 Å². The highest BCUT2D eigenvalue weighted by Crippen LogP contribution is 2.27. The molecule has 4 nitrogen and oxygen atoms in total. The van der Waals surface area contributed by atoms with Gasteiger partial charge in [0.05, 0.1) is 6.42 Å². The van der Waals surface area contributed by atoms with E-state index in [2.05, 4.69) is 5.32 Å². The summed E-state index contributed by atoms with van der Waals surface area (Å²) in [6.45, 7) is 1.47. The lowest BCUT2D eigenvalue weighted by molar-refractivity contribution is -0.136. The molecular formula is C19H25FN2O2. The Morgan fingerprint density at radius 2 is 1.67 bits per heavy atom. The first kappa shape index (κ1) is 16.9. The number of amides is 2. The van der Waals surface area contributed by atoms with Crippen LogP contribution in [0.4, 0.5) is 4.39 Å². The van der Waals surface area contributed by atoms with Gasteiger partial charge in [0.2, 0.25) is 11.8 Å². The van der Waals surface area contributed by atoms with Gasteiger partial charge in [-0.15, -0.1) is 0 Å². The topological polar surface area (TPSA) is 49.4 Å². The highest BCUT2D eigenvalue weighted by molar-refractivity contribution is 5.80. The third-order valence-corrected chi connectivity index (χ3v) is 5.15. The lowest BCUT2D eigenvalue weighted by atomic mass is 10.0. The first-order chi connectivity index (χ1) is 11.6. The molecule has 2 amide bonds. The van der Waals surface area contributed by atoms with Crippen molar-refractivity contribution < 1.29 is 14.0 Å². The third-order valence-electron chi connectivity index (χ3n) is 5.15. The van der Waals surface area contributed by atoms with Crippen molar-refractivity contribution in [1.29, 1.82) is 0 Å². The van der Waals surface area contributed by atoms with E-state index in [0.29, 0.717) is 5.91 Å². The Balaban J connectivity index is 1.42. The first-order valence-corrected chi connectivity index (χ1v) is 8.94. The second-order valence-corrected chi connectivity index (χ2v) is 6.95. The molecule has 1 N–H and O–H groups in total. The van der Waals surface area contributed by atoms with Crippen LogP contribution in [-0.2, 0) is 16.0 Å². The zero-order valence-corrected chi connectivity index (χ0v) is 14.0. The average Bonchev–Trinajstić information content (AvgIpc) is 3.11. The number of piperidine rings is 1. The maximum atomic E-state index is 12.9. The van der Waals surface area contributed by atoms with E-state index in [4.69, 9.17) is 0 Å². The van der Waals surface area contributed by atoms with Crippen LogP contribution >= 0.6 is 0 Å². The highest BCUT2D eigenvalue weighted by atomic mass is 19.1. The summed E-state index contributed by atoms with van der Waals surface area (Å²) in [7, 11) is 0. The molecule has 2 aliphatic rings. The zero-order valence-electron chi connectivity index (χ0n) is 14.0. The van der Waals surface area contributed by atoms with Crippen molar-refractivity contribution in [3.8, 4) is 0 Å². The first-order valence-electron chi connectivity index (χ1n) is 8.94. The number of nitrogens with one attached hydrogen (secondary N) is 1. The van der Waals surface area contributed by atoms with Gasteiger partial charge in [-0.3, -0.25) is 9.59 Å². The van der Waals surface area contributed by atoms with Gasteiger partial charge in [0.25, 0.3) is 0 Å². The SMILES string of the molecule is O=C(Cc1ccc(F)cc1)NC1CCN(C(=O)C2CCCC2)CC1. The number of rotatable bonds is 4. The minimum atomic E-state index is -0.293. The summed E-state index contributed by atoms with van der Waals surface area (Å²) in [6, 6.07) is 6.15. The van der Waals surface area contributed by atoms with Gasteiger partial charge in [-0.1, -0.05) is 25.0 Å². The number of hydrogen-bond donors (Lipinski definition) is 1. The predicted molar refractivity (Wildman–Crippen MR) is 89.8 cm³/mol. The predicted octanol–water partition coefficient (Wildman–Crippen LogP) is 2.67.